The molecular weight excluding hydrogens is 286 g/mol. The fourth-order valence-corrected chi connectivity index (χ4v) is 2.51. The molecule has 7 heteroatoms. The molecule has 0 aromatic heterocycles. The van der Waals surface area contributed by atoms with Gasteiger partial charge in [-0.3, -0.25) is 9.59 Å². The van der Waals surface area contributed by atoms with E-state index in [1.165, 1.54) is 4.90 Å². The van der Waals surface area contributed by atoms with Gasteiger partial charge < -0.3 is 20.6 Å². The molecule has 1 aliphatic rings. The Kier molecular flexibility index (Phi) is 6.64. The van der Waals surface area contributed by atoms with Crippen LogP contribution in [0, 0.1) is 11.3 Å². The molecule has 3 amide bonds. The number of nitrogens with one attached hydrogen (secondary N) is 2. The van der Waals surface area contributed by atoms with Crippen molar-refractivity contribution in [2.75, 3.05) is 26.2 Å². The number of urea groups is 1. The molecule has 1 saturated heterocycles. The van der Waals surface area contributed by atoms with Crippen LogP contribution in [0.1, 0.15) is 40.0 Å². The molecule has 0 saturated carbocycles. The van der Waals surface area contributed by atoms with Crippen LogP contribution >= 0.6 is 0 Å². The van der Waals surface area contributed by atoms with Crippen LogP contribution in [0.2, 0.25) is 0 Å². The molecule has 3 N–H and O–H groups in total. The zero-order valence-electron chi connectivity index (χ0n) is 13.6. The number of carboxylic acids is 1. The number of carbonyl (C=O) groups is 3. The van der Waals surface area contributed by atoms with Gasteiger partial charge in [0, 0.05) is 32.1 Å². The Hall–Kier alpha value is -1.79. The molecule has 1 aliphatic heterocycles. The topological polar surface area (TPSA) is 98.7 Å². The number of amides is 3. The molecule has 0 aliphatic carbocycles. The van der Waals surface area contributed by atoms with Gasteiger partial charge in [-0.2, -0.15) is 0 Å². The Morgan fingerprint density at radius 3 is 2.45 bits per heavy atom. The summed E-state index contributed by atoms with van der Waals surface area (Å²) in [7, 11) is 0. The molecule has 2 atom stereocenters. The third kappa shape index (κ3) is 4.89. The van der Waals surface area contributed by atoms with E-state index in [0.717, 1.165) is 12.8 Å². The highest BCUT2D eigenvalue weighted by molar-refractivity contribution is 5.80. The summed E-state index contributed by atoms with van der Waals surface area (Å²) in [5.41, 5.74) is -0.860. The number of carbonyl (C=O) groups excluding carboxylic acids is 2. The summed E-state index contributed by atoms with van der Waals surface area (Å²) < 4.78 is 0. The summed E-state index contributed by atoms with van der Waals surface area (Å²) in [4.78, 5) is 36.3. The molecule has 0 radical (unpaired) electrons. The number of carboxylic acid groups (broad SMARTS) is 1. The van der Waals surface area contributed by atoms with E-state index in [1.807, 2.05) is 13.8 Å². The Morgan fingerprint density at radius 2 is 1.91 bits per heavy atom. The second-order valence-corrected chi connectivity index (χ2v) is 6.25. The van der Waals surface area contributed by atoms with E-state index in [0.29, 0.717) is 26.1 Å². The van der Waals surface area contributed by atoms with Gasteiger partial charge in [-0.05, 0) is 19.8 Å². The van der Waals surface area contributed by atoms with Gasteiger partial charge in [0.1, 0.15) is 0 Å². The van der Waals surface area contributed by atoms with Gasteiger partial charge in [0.05, 0.1) is 5.41 Å². The first-order valence-corrected chi connectivity index (χ1v) is 7.84. The van der Waals surface area contributed by atoms with Crippen molar-refractivity contribution in [3.63, 3.8) is 0 Å². The van der Waals surface area contributed by atoms with Crippen molar-refractivity contribution >= 4 is 17.9 Å². The van der Waals surface area contributed by atoms with Crippen LogP contribution in [-0.2, 0) is 9.59 Å². The van der Waals surface area contributed by atoms with Crippen LogP contribution in [0.15, 0.2) is 0 Å². The SMILES string of the molecule is CCCC(C)C(=O)NCCNC(=O)N1CCC(C)(C(=O)O)C1. The van der Waals surface area contributed by atoms with Crippen LogP contribution in [0.4, 0.5) is 4.79 Å². The Bertz CT molecular complexity index is 427. The summed E-state index contributed by atoms with van der Waals surface area (Å²) in [5, 5.41) is 14.6. The Balaban J connectivity index is 2.25. The van der Waals surface area contributed by atoms with Crippen molar-refractivity contribution in [3.8, 4) is 0 Å². The van der Waals surface area contributed by atoms with Crippen LogP contribution in [0.3, 0.4) is 0 Å². The fraction of sp³-hybridized carbons (Fsp3) is 0.800. The summed E-state index contributed by atoms with van der Waals surface area (Å²) in [6, 6.07) is -0.277. The van der Waals surface area contributed by atoms with Crippen LogP contribution in [0.25, 0.3) is 0 Å². The molecule has 0 spiro atoms. The Morgan fingerprint density at radius 1 is 1.27 bits per heavy atom. The molecule has 0 bridgehead atoms. The van der Waals surface area contributed by atoms with E-state index in [-0.39, 0.29) is 24.4 Å². The van der Waals surface area contributed by atoms with Gasteiger partial charge in [-0.25, -0.2) is 4.79 Å². The number of aliphatic carboxylic acids is 1. The first-order chi connectivity index (χ1) is 10.3. The molecule has 1 fully saturated rings. The monoisotopic (exact) mass is 313 g/mol. The predicted octanol–water partition coefficient (Wildman–Crippen LogP) is 1.05. The van der Waals surface area contributed by atoms with Crippen LogP contribution < -0.4 is 10.6 Å². The van der Waals surface area contributed by atoms with E-state index in [4.69, 9.17) is 5.11 Å². The second-order valence-electron chi connectivity index (χ2n) is 6.25. The minimum Gasteiger partial charge on any atom is -0.481 e. The maximum atomic E-state index is 11.9. The van der Waals surface area contributed by atoms with E-state index in [2.05, 4.69) is 10.6 Å². The van der Waals surface area contributed by atoms with Crippen LogP contribution in [0.5, 0.6) is 0 Å². The van der Waals surface area contributed by atoms with E-state index in [1.54, 1.807) is 6.92 Å². The summed E-state index contributed by atoms with van der Waals surface area (Å²) >= 11 is 0. The van der Waals surface area contributed by atoms with Gasteiger partial charge in [0.2, 0.25) is 5.91 Å². The number of nitrogens with zero attached hydrogens (tertiary/aromatic N) is 1. The van der Waals surface area contributed by atoms with E-state index >= 15 is 0 Å². The van der Waals surface area contributed by atoms with Crippen molar-refractivity contribution < 1.29 is 19.5 Å². The number of hydrogen-bond donors (Lipinski definition) is 3. The van der Waals surface area contributed by atoms with Crippen LogP contribution in [-0.4, -0.2) is 54.1 Å². The number of hydrogen-bond acceptors (Lipinski definition) is 3. The lowest BCUT2D eigenvalue weighted by Gasteiger charge is -2.20. The molecule has 1 rings (SSSR count). The molecule has 126 valence electrons. The summed E-state index contributed by atoms with van der Waals surface area (Å²) in [6.45, 7) is 6.94. The quantitative estimate of drug-likeness (QED) is 0.612. The van der Waals surface area contributed by atoms with Crippen molar-refractivity contribution in [1.29, 1.82) is 0 Å². The zero-order valence-corrected chi connectivity index (χ0v) is 13.6. The first kappa shape index (κ1) is 18.3. The van der Waals surface area contributed by atoms with E-state index in [9.17, 15) is 14.4 Å². The highest BCUT2D eigenvalue weighted by Gasteiger charge is 2.42. The summed E-state index contributed by atoms with van der Waals surface area (Å²) in [5.74, 6) is -0.897. The average molecular weight is 313 g/mol. The lowest BCUT2D eigenvalue weighted by Crippen LogP contribution is -2.44. The van der Waals surface area contributed by atoms with Crippen molar-refractivity contribution in [2.45, 2.75) is 40.0 Å². The first-order valence-electron chi connectivity index (χ1n) is 7.84. The van der Waals surface area contributed by atoms with Crippen molar-refractivity contribution in [3.05, 3.63) is 0 Å². The maximum absolute atomic E-state index is 11.9. The molecular formula is C15H27N3O4. The predicted molar refractivity (Wildman–Crippen MR) is 82.4 cm³/mol. The third-order valence-electron chi connectivity index (χ3n) is 4.15. The normalized spacial score (nSPS) is 22.2. The minimum atomic E-state index is -0.875. The lowest BCUT2D eigenvalue weighted by atomic mass is 9.90. The average Bonchev–Trinajstić information content (AvgIpc) is 2.87. The lowest BCUT2D eigenvalue weighted by molar-refractivity contribution is -0.147. The second kappa shape index (κ2) is 8.00. The van der Waals surface area contributed by atoms with Gasteiger partial charge in [0.25, 0.3) is 0 Å². The molecule has 1 heterocycles. The van der Waals surface area contributed by atoms with Gasteiger partial charge in [0.15, 0.2) is 0 Å². The van der Waals surface area contributed by atoms with E-state index < -0.39 is 11.4 Å². The third-order valence-corrected chi connectivity index (χ3v) is 4.15. The fourth-order valence-electron chi connectivity index (χ4n) is 2.51. The highest BCUT2D eigenvalue weighted by atomic mass is 16.4. The molecule has 0 aromatic rings. The minimum absolute atomic E-state index is 0.00396. The van der Waals surface area contributed by atoms with Gasteiger partial charge >= 0.3 is 12.0 Å². The van der Waals surface area contributed by atoms with Gasteiger partial charge in [-0.15, -0.1) is 0 Å². The zero-order chi connectivity index (χ0) is 16.8. The maximum Gasteiger partial charge on any atom is 0.317 e. The van der Waals surface area contributed by atoms with Crippen molar-refractivity contribution in [2.24, 2.45) is 11.3 Å². The molecule has 22 heavy (non-hydrogen) atoms. The number of likely N-dealkylation sites (tertiary alicyclic amines) is 1. The largest absolute Gasteiger partial charge is 0.481 e. The molecule has 2 unspecified atom stereocenters. The highest BCUT2D eigenvalue weighted by Crippen LogP contribution is 2.29. The summed E-state index contributed by atoms with van der Waals surface area (Å²) in [6.07, 6.45) is 2.27. The van der Waals surface area contributed by atoms with Gasteiger partial charge in [-0.1, -0.05) is 20.3 Å². The Labute approximate surface area is 131 Å². The molecule has 0 aromatic carbocycles. The smallest absolute Gasteiger partial charge is 0.317 e. The standard InChI is InChI=1S/C15H27N3O4/c1-4-5-11(2)12(19)16-7-8-17-14(22)18-9-6-15(3,10-18)13(20)21/h11H,4-10H2,1-3H3,(H,16,19)(H,17,22)(H,20,21). The number of rotatable bonds is 7. The molecule has 7 nitrogen and oxygen atoms in total. The van der Waals surface area contributed by atoms with Crippen molar-refractivity contribution in [1.82, 2.24) is 15.5 Å².